The number of hydrogen-bond donors (Lipinski definition) is 1. The lowest BCUT2D eigenvalue weighted by Crippen LogP contribution is -2.28. The molecule has 1 amide bonds. The minimum Gasteiger partial charge on any atom is -0.349 e. The summed E-state index contributed by atoms with van der Waals surface area (Å²) in [6, 6.07) is 13.1. The van der Waals surface area contributed by atoms with E-state index in [9.17, 15) is 9.18 Å². The van der Waals surface area contributed by atoms with E-state index in [0.29, 0.717) is 15.9 Å². The van der Waals surface area contributed by atoms with Crippen molar-refractivity contribution in [3.63, 3.8) is 0 Å². The third kappa shape index (κ3) is 4.59. The van der Waals surface area contributed by atoms with E-state index in [1.807, 2.05) is 25.1 Å². The largest absolute Gasteiger partial charge is 0.349 e. The van der Waals surface area contributed by atoms with Gasteiger partial charge in [-0.3, -0.25) is 4.79 Å². The Labute approximate surface area is 158 Å². The van der Waals surface area contributed by atoms with Crippen molar-refractivity contribution in [2.24, 2.45) is 0 Å². The molecule has 1 aromatic heterocycles. The predicted octanol–water partition coefficient (Wildman–Crippen LogP) is 3.42. The number of amides is 1. The number of carbonyl (C=O) groups is 1. The van der Waals surface area contributed by atoms with Crippen molar-refractivity contribution in [3.8, 4) is 5.69 Å². The topological polar surface area (TPSA) is 72.7 Å². The molecule has 1 heterocycles. The Kier molecular flexibility index (Phi) is 5.85. The summed E-state index contributed by atoms with van der Waals surface area (Å²) >= 11 is 7.14. The second-order valence-corrected chi connectivity index (χ2v) is 6.86. The predicted molar refractivity (Wildman–Crippen MR) is 97.8 cm³/mol. The van der Waals surface area contributed by atoms with E-state index in [1.165, 1.54) is 28.6 Å². The minimum absolute atomic E-state index is 0.126. The van der Waals surface area contributed by atoms with Crippen LogP contribution in [0.1, 0.15) is 18.5 Å². The molecule has 0 saturated carbocycles. The molecular formula is C17H15ClFN5OS. The molecule has 134 valence electrons. The number of thioether (sulfide) groups is 1. The van der Waals surface area contributed by atoms with Crippen LogP contribution in [-0.2, 0) is 4.79 Å². The first-order valence-corrected chi connectivity index (χ1v) is 9.11. The number of tetrazole rings is 1. The van der Waals surface area contributed by atoms with Crippen molar-refractivity contribution in [3.05, 3.63) is 64.9 Å². The number of aromatic nitrogens is 4. The maximum absolute atomic E-state index is 13.4. The fraction of sp³-hybridized carbons (Fsp3) is 0.176. The number of nitrogens with one attached hydrogen (secondary N) is 1. The molecule has 2 aromatic carbocycles. The average molecular weight is 392 g/mol. The van der Waals surface area contributed by atoms with Gasteiger partial charge in [0.15, 0.2) is 0 Å². The van der Waals surface area contributed by atoms with E-state index >= 15 is 0 Å². The van der Waals surface area contributed by atoms with Crippen molar-refractivity contribution >= 4 is 29.3 Å². The average Bonchev–Trinajstić information content (AvgIpc) is 3.08. The Morgan fingerprint density at radius 3 is 2.88 bits per heavy atom. The third-order valence-electron chi connectivity index (χ3n) is 3.55. The maximum Gasteiger partial charge on any atom is 0.230 e. The van der Waals surface area contributed by atoms with Gasteiger partial charge in [-0.15, -0.1) is 5.10 Å². The van der Waals surface area contributed by atoms with E-state index in [2.05, 4.69) is 20.8 Å². The Bertz CT molecular complexity index is 919. The van der Waals surface area contributed by atoms with Crippen molar-refractivity contribution in [2.45, 2.75) is 18.1 Å². The molecule has 0 bridgehead atoms. The van der Waals surface area contributed by atoms with Crippen LogP contribution in [0.3, 0.4) is 0 Å². The van der Waals surface area contributed by atoms with Gasteiger partial charge in [0.05, 0.1) is 17.5 Å². The molecule has 26 heavy (non-hydrogen) atoms. The second kappa shape index (κ2) is 8.29. The number of carbonyl (C=O) groups excluding carboxylic acids is 1. The van der Waals surface area contributed by atoms with Crippen LogP contribution in [0.15, 0.2) is 53.7 Å². The Morgan fingerprint density at radius 1 is 1.31 bits per heavy atom. The highest BCUT2D eigenvalue weighted by Crippen LogP contribution is 2.20. The van der Waals surface area contributed by atoms with Gasteiger partial charge in [-0.25, -0.2) is 4.39 Å². The van der Waals surface area contributed by atoms with E-state index in [1.54, 1.807) is 18.2 Å². The normalized spacial score (nSPS) is 12.0. The van der Waals surface area contributed by atoms with Crippen LogP contribution in [0.4, 0.5) is 4.39 Å². The highest BCUT2D eigenvalue weighted by molar-refractivity contribution is 7.99. The summed E-state index contributed by atoms with van der Waals surface area (Å²) in [6.45, 7) is 1.88. The standard InChI is InChI=1S/C17H15ClFN5OS/c1-11(12-4-2-5-13(18)8-12)20-16(25)10-26-17-21-22-23-24(17)15-7-3-6-14(19)9-15/h2-9,11H,10H2,1H3,(H,20,25). The summed E-state index contributed by atoms with van der Waals surface area (Å²) < 4.78 is 14.8. The zero-order valence-electron chi connectivity index (χ0n) is 13.8. The smallest absolute Gasteiger partial charge is 0.230 e. The molecule has 0 radical (unpaired) electrons. The van der Waals surface area contributed by atoms with Crippen LogP contribution in [0.5, 0.6) is 0 Å². The van der Waals surface area contributed by atoms with Crippen LogP contribution in [0.2, 0.25) is 5.02 Å². The van der Waals surface area contributed by atoms with Gasteiger partial charge in [-0.1, -0.05) is 41.6 Å². The summed E-state index contributed by atoms with van der Waals surface area (Å²) in [7, 11) is 0. The SMILES string of the molecule is CC(NC(=O)CSc1nnnn1-c1cccc(F)c1)c1cccc(Cl)c1. The molecular weight excluding hydrogens is 377 g/mol. The molecule has 1 unspecified atom stereocenters. The first-order chi connectivity index (χ1) is 12.5. The van der Waals surface area contributed by atoms with Crippen LogP contribution in [-0.4, -0.2) is 31.9 Å². The molecule has 3 aromatic rings. The molecule has 9 heteroatoms. The first kappa shape index (κ1) is 18.3. The summed E-state index contributed by atoms with van der Waals surface area (Å²) in [5.41, 5.74) is 1.41. The Hall–Kier alpha value is -2.45. The Balaban J connectivity index is 1.61. The van der Waals surface area contributed by atoms with Crippen molar-refractivity contribution in [1.29, 1.82) is 0 Å². The van der Waals surface area contributed by atoms with Gasteiger partial charge in [0.2, 0.25) is 11.1 Å². The maximum atomic E-state index is 13.4. The lowest BCUT2D eigenvalue weighted by Gasteiger charge is -2.14. The zero-order chi connectivity index (χ0) is 18.5. The number of benzene rings is 2. The van der Waals surface area contributed by atoms with Crippen LogP contribution in [0, 0.1) is 5.82 Å². The fourth-order valence-corrected chi connectivity index (χ4v) is 3.21. The lowest BCUT2D eigenvalue weighted by molar-refractivity contribution is -0.119. The molecule has 3 rings (SSSR count). The summed E-state index contributed by atoms with van der Waals surface area (Å²) in [5, 5.41) is 15.3. The summed E-state index contributed by atoms with van der Waals surface area (Å²) in [5.74, 6) is -0.432. The Morgan fingerprint density at radius 2 is 2.12 bits per heavy atom. The van der Waals surface area contributed by atoms with Gasteiger partial charge < -0.3 is 5.32 Å². The zero-order valence-corrected chi connectivity index (χ0v) is 15.3. The van der Waals surface area contributed by atoms with E-state index < -0.39 is 0 Å². The number of hydrogen-bond acceptors (Lipinski definition) is 5. The molecule has 0 aliphatic carbocycles. The minimum atomic E-state index is -0.387. The van der Waals surface area contributed by atoms with Crippen molar-refractivity contribution in [2.75, 3.05) is 5.75 Å². The van der Waals surface area contributed by atoms with Gasteiger partial charge in [-0.05, 0) is 53.2 Å². The van der Waals surface area contributed by atoms with E-state index in [-0.39, 0.29) is 23.5 Å². The molecule has 0 saturated heterocycles. The van der Waals surface area contributed by atoms with Gasteiger partial charge in [0, 0.05) is 5.02 Å². The van der Waals surface area contributed by atoms with Crippen LogP contribution < -0.4 is 5.32 Å². The quantitative estimate of drug-likeness (QED) is 0.652. The molecule has 1 atom stereocenters. The number of nitrogens with zero attached hydrogens (tertiary/aromatic N) is 4. The van der Waals surface area contributed by atoms with E-state index in [4.69, 9.17) is 11.6 Å². The van der Waals surface area contributed by atoms with Gasteiger partial charge in [0.25, 0.3) is 0 Å². The molecule has 1 N–H and O–H groups in total. The number of halogens is 2. The highest BCUT2D eigenvalue weighted by atomic mass is 35.5. The fourth-order valence-electron chi connectivity index (χ4n) is 2.31. The van der Waals surface area contributed by atoms with Crippen LogP contribution in [0.25, 0.3) is 5.69 Å². The summed E-state index contributed by atoms with van der Waals surface area (Å²) in [6.07, 6.45) is 0. The monoisotopic (exact) mass is 391 g/mol. The highest BCUT2D eigenvalue weighted by Gasteiger charge is 2.14. The lowest BCUT2D eigenvalue weighted by atomic mass is 10.1. The molecule has 0 aliphatic heterocycles. The molecule has 0 fully saturated rings. The van der Waals surface area contributed by atoms with Gasteiger partial charge in [-0.2, -0.15) is 4.68 Å². The van der Waals surface area contributed by atoms with Gasteiger partial charge >= 0.3 is 0 Å². The first-order valence-electron chi connectivity index (χ1n) is 7.75. The second-order valence-electron chi connectivity index (χ2n) is 5.49. The molecule has 6 nitrogen and oxygen atoms in total. The van der Waals surface area contributed by atoms with Crippen molar-refractivity contribution in [1.82, 2.24) is 25.5 Å². The van der Waals surface area contributed by atoms with Crippen molar-refractivity contribution < 1.29 is 9.18 Å². The van der Waals surface area contributed by atoms with E-state index in [0.717, 1.165) is 5.56 Å². The van der Waals surface area contributed by atoms with Gasteiger partial charge in [0.1, 0.15) is 5.82 Å². The van der Waals surface area contributed by atoms with Crippen LogP contribution >= 0.6 is 23.4 Å². The third-order valence-corrected chi connectivity index (χ3v) is 4.71. The number of rotatable bonds is 6. The summed E-state index contributed by atoms with van der Waals surface area (Å²) in [4.78, 5) is 12.2. The molecule has 0 aliphatic rings. The molecule has 0 spiro atoms.